The lowest BCUT2D eigenvalue weighted by atomic mass is 10.2. The van der Waals surface area contributed by atoms with Gasteiger partial charge >= 0.3 is 0 Å². The van der Waals surface area contributed by atoms with Gasteiger partial charge in [-0.05, 0) is 43.3 Å². The molecule has 1 atom stereocenters. The zero-order valence-electron chi connectivity index (χ0n) is 15.4. The van der Waals surface area contributed by atoms with Crippen LogP contribution >= 0.6 is 11.8 Å². The fourth-order valence-electron chi connectivity index (χ4n) is 2.75. The first-order valence-corrected chi connectivity index (χ1v) is 11.5. The monoisotopic (exact) mass is 419 g/mol. The van der Waals surface area contributed by atoms with Gasteiger partial charge in [-0.1, -0.05) is 17.8 Å². The topological polar surface area (TPSA) is 96.4 Å². The highest BCUT2D eigenvalue weighted by molar-refractivity contribution is 7.99. The first-order valence-electron chi connectivity index (χ1n) is 8.83. The van der Waals surface area contributed by atoms with Crippen molar-refractivity contribution >= 4 is 33.4 Å². The number of carbonyl (C=O) groups excluding carboxylic acids is 2. The van der Waals surface area contributed by atoms with Gasteiger partial charge in [0.2, 0.25) is 5.91 Å². The van der Waals surface area contributed by atoms with Crippen molar-refractivity contribution in [1.82, 2.24) is 15.2 Å². The van der Waals surface area contributed by atoms with Gasteiger partial charge in [-0.15, -0.1) is 0 Å². The van der Waals surface area contributed by atoms with Gasteiger partial charge in [0.15, 0.2) is 9.84 Å². The number of amides is 2. The molecule has 1 aliphatic rings. The molecule has 1 unspecified atom stereocenters. The Labute approximate surface area is 168 Å². The minimum atomic E-state index is -3.06. The highest BCUT2D eigenvalue weighted by atomic mass is 32.2. The maximum absolute atomic E-state index is 12.4. The number of carbonyl (C=O) groups is 2. The van der Waals surface area contributed by atoms with Crippen molar-refractivity contribution in [3.8, 4) is 0 Å². The van der Waals surface area contributed by atoms with Crippen LogP contribution in [0, 0.1) is 0 Å². The molecule has 148 valence electrons. The summed E-state index contributed by atoms with van der Waals surface area (Å²) in [5.74, 6) is -0.686. The number of aromatic nitrogens is 1. The second-order valence-electron chi connectivity index (χ2n) is 6.47. The predicted octanol–water partition coefficient (Wildman–Crippen LogP) is 1.61. The molecule has 1 N–H and O–H groups in total. The summed E-state index contributed by atoms with van der Waals surface area (Å²) in [6, 6.07) is 12.0. The second kappa shape index (κ2) is 8.74. The number of pyridine rings is 1. The summed E-state index contributed by atoms with van der Waals surface area (Å²) in [7, 11) is -3.06. The fourth-order valence-corrected chi connectivity index (χ4v) is 4.73. The largest absolute Gasteiger partial charge is 0.341 e. The van der Waals surface area contributed by atoms with Crippen LogP contribution in [-0.4, -0.2) is 60.8 Å². The molecule has 2 amide bonds. The average Bonchev–Trinajstić information content (AvgIpc) is 2.68. The van der Waals surface area contributed by atoms with E-state index in [1.54, 1.807) is 25.3 Å². The summed E-state index contributed by atoms with van der Waals surface area (Å²) in [5, 5.41) is 3.55. The van der Waals surface area contributed by atoms with Crippen LogP contribution < -0.4 is 5.32 Å². The Hall–Kier alpha value is -2.39. The molecular formula is C19H21N3O4S2. The van der Waals surface area contributed by atoms with E-state index in [9.17, 15) is 18.0 Å². The highest BCUT2D eigenvalue weighted by Crippen LogP contribution is 2.25. The van der Waals surface area contributed by atoms with Gasteiger partial charge in [0, 0.05) is 29.7 Å². The Kier molecular flexibility index (Phi) is 6.35. The van der Waals surface area contributed by atoms with E-state index in [0.717, 1.165) is 9.92 Å². The van der Waals surface area contributed by atoms with E-state index >= 15 is 0 Å². The van der Waals surface area contributed by atoms with Gasteiger partial charge in [0.1, 0.15) is 11.1 Å². The molecule has 0 spiro atoms. The normalized spacial score (nSPS) is 17.0. The molecule has 28 heavy (non-hydrogen) atoms. The van der Waals surface area contributed by atoms with Gasteiger partial charge in [0.25, 0.3) is 5.91 Å². The fraction of sp³-hybridized carbons (Fsp3) is 0.316. The molecule has 0 bridgehead atoms. The third-order valence-electron chi connectivity index (χ3n) is 4.35. The molecule has 1 fully saturated rings. The van der Waals surface area contributed by atoms with Gasteiger partial charge < -0.3 is 10.2 Å². The first kappa shape index (κ1) is 20.3. The van der Waals surface area contributed by atoms with Crippen molar-refractivity contribution in [3.05, 3.63) is 54.2 Å². The molecule has 0 aliphatic carbocycles. The molecule has 7 nitrogen and oxygen atoms in total. The molecule has 1 aromatic heterocycles. The van der Waals surface area contributed by atoms with Crippen molar-refractivity contribution in [2.45, 2.75) is 22.9 Å². The van der Waals surface area contributed by atoms with Crippen LogP contribution in [0.25, 0.3) is 0 Å². The van der Waals surface area contributed by atoms with Crippen molar-refractivity contribution in [2.75, 3.05) is 24.6 Å². The van der Waals surface area contributed by atoms with E-state index < -0.39 is 15.9 Å². The Morgan fingerprint density at radius 1 is 1.11 bits per heavy atom. The van der Waals surface area contributed by atoms with E-state index in [-0.39, 0.29) is 36.4 Å². The smallest absolute Gasteiger partial charge is 0.251 e. The number of hydrogen-bond donors (Lipinski definition) is 1. The highest BCUT2D eigenvalue weighted by Gasteiger charge is 2.28. The third-order valence-corrected chi connectivity index (χ3v) is 6.92. The molecule has 1 saturated heterocycles. The van der Waals surface area contributed by atoms with E-state index in [0.29, 0.717) is 5.56 Å². The van der Waals surface area contributed by atoms with Crippen LogP contribution in [-0.2, 0) is 14.6 Å². The molecule has 3 rings (SSSR count). The summed E-state index contributed by atoms with van der Waals surface area (Å²) < 4.78 is 23.0. The van der Waals surface area contributed by atoms with Crippen molar-refractivity contribution in [3.63, 3.8) is 0 Å². The second-order valence-corrected chi connectivity index (χ2v) is 9.86. The Bertz CT molecular complexity index is 933. The molecular weight excluding hydrogens is 398 g/mol. The van der Waals surface area contributed by atoms with Crippen LogP contribution in [0.15, 0.2) is 58.6 Å². The molecule has 0 radical (unpaired) electrons. The van der Waals surface area contributed by atoms with Gasteiger partial charge in [-0.3, -0.25) is 9.59 Å². The van der Waals surface area contributed by atoms with Crippen molar-refractivity contribution in [1.29, 1.82) is 0 Å². The Morgan fingerprint density at radius 2 is 1.79 bits per heavy atom. The van der Waals surface area contributed by atoms with Crippen LogP contribution in [0.4, 0.5) is 0 Å². The number of benzene rings is 1. The molecule has 1 aliphatic heterocycles. The summed E-state index contributed by atoms with van der Waals surface area (Å²) in [6.45, 7) is 1.94. The summed E-state index contributed by atoms with van der Waals surface area (Å²) in [4.78, 5) is 31.5. The summed E-state index contributed by atoms with van der Waals surface area (Å²) >= 11 is 1.49. The molecule has 0 saturated carbocycles. The average molecular weight is 420 g/mol. The Balaban J connectivity index is 1.56. The van der Waals surface area contributed by atoms with Crippen LogP contribution in [0.3, 0.4) is 0 Å². The van der Waals surface area contributed by atoms with Crippen molar-refractivity contribution in [2.24, 2.45) is 0 Å². The zero-order chi connectivity index (χ0) is 20.1. The lowest BCUT2D eigenvalue weighted by Gasteiger charge is -2.29. The number of rotatable bonds is 5. The maximum Gasteiger partial charge on any atom is 0.251 e. The van der Waals surface area contributed by atoms with E-state index in [2.05, 4.69) is 10.3 Å². The van der Waals surface area contributed by atoms with Crippen molar-refractivity contribution < 1.29 is 18.0 Å². The van der Waals surface area contributed by atoms with Gasteiger partial charge in [-0.25, -0.2) is 13.4 Å². The van der Waals surface area contributed by atoms with E-state index in [1.807, 2.05) is 30.3 Å². The molecule has 9 heteroatoms. The van der Waals surface area contributed by atoms with Crippen LogP contribution in [0.5, 0.6) is 0 Å². The van der Waals surface area contributed by atoms with Gasteiger partial charge in [-0.2, -0.15) is 0 Å². The number of sulfone groups is 1. The molecule has 2 aromatic rings. The minimum absolute atomic E-state index is 0.0329. The number of nitrogens with zero attached hydrogens (tertiary/aromatic N) is 2. The minimum Gasteiger partial charge on any atom is -0.341 e. The van der Waals surface area contributed by atoms with E-state index in [4.69, 9.17) is 0 Å². The van der Waals surface area contributed by atoms with Crippen LogP contribution in [0.2, 0.25) is 0 Å². The van der Waals surface area contributed by atoms with E-state index in [1.165, 1.54) is 16.7 Å². The maximum atomic E-state index is 12.4. The molecule has 1 aromatic carbocycles. The van der Waals surface area contributed by atoms with Crippen LogP contribution in [0.1, 0.15) is 17.3 Å². The first-order chi connectivity index (χ1) is 13.3. The standard InChI is InChI=1S/C19H21N3O4S2/c1-14(19(24)22-10-12-28(25,26)13-11-22)21-18(23)15-5-7-16(8-6-15)27-17-4-2-3-9-20-17/h2-9,14H,10-13H2,1H3,(H,21,23). The third kappa shape index (κ3) is 5.32. The molecule has 2 heterocycles. The predicted molar refractivity (Wildman–Crippen MR) is 107 cm³/mol. The number of nitrogens with one attached hydrogen (secondary N) is 1. The van der Waals surface area contributed by atoms with Gasteiger partial charge in [0.05, 0.1) is 11.5 Å². The Morgan fingerprint density at radius 3 is 2.39 bits per heavy atom. The number of hydrogen-bond acceptors (Lipinski definition) is 6. The summed E-state index contributed by atoms with van der Waals surface area (Å²) in [6.07, 6.45) is 1.72. The summed E-state index contributed by atoms with van der Waals surface area (Å²) in [5.41, 5.74) is 0.450. The lowest BCUT2D eigenvalue weighted by Crippen LogP contribution is -2.51. The lowest BCUT2D eigenvalue weighted by molar-refractivity contribution is -0.132. The zero-order valence-corrected chi connectivity index (χ0v) is 17.0. The SMILES string of the molecule is CC(NC(=O)c1ccc(Sc2ccccn2)cc1)C(=O)N1CCS(=O)(=O)CC1. The quantitative estimate of drug-likeness (QED) is 0.791.